The Morgan fingerprint density at radius 1 is 1.18 bits per heavy atom. The number of hydrogen-bond donors (Lipinski definition) is 1. The molecule has 0 spiro atoms. The summed E-state index contributed by atoms with van der Waals surface area (Å²) < 4.78 is 13.8. The van der Waals surface area contributed by atoms with Gasteiger partial charge in [-0.1, -0.05) is 55.8 Å². The van der Waals surface area contributed by atoms with E-state index in [4.69, 9.17) is 0 Å². The zero-order valence-corrected chi connectivity index (χ0v) is 16.9. The Labute approximate surface area is 166 Å². The smallest absolute Gasteiger partial charge is 0.253 e. The number of amides is 1. The number of para-hydroxylation sites is 1. The second kappa shape index (κ2) is 8.09. The first kappa shape index (κ1) is 20.0. The fourth-order valence-electron chi connectivity index (χ4n) is 3.94. The molecule has 28 heavy (non-hydrogen) atoms. The van der Waals surface area contributed by atoms with Crippen LogP contribution in [0.5, 0.6) is 0 Å². The van der Waals surface area contributed by atoms with Crippen molar-refractivity contribution in [2.75, 3.05) is 0 Å². The molecule has 1 unspecified atom stereocenters. The second-order valence-electron chi connectivity index (χ2n) is 8.31. The monoisotopic (exact) mass is 378 g/mol. The van der Waals surface area contributed by atoms with Crippen molar-refractivity contribution >= 4 is 16.8 Å². The van der Waals surface area contributed by atoms with Gasteiger partial charge in [-0.15, -0.1) is 0 Å². The summed E-state index contributed by atoms with van der Waals surface area (Å²) in [4.78, 5) is 17.1. The van der Waals surface area contributed by atoms with Crippen molar-refractivity contribution in [3.8, 4) is 0 Å². The lowest BCUT2D eigenvalue weighted by Crippen LogP contribution is -2.48. The van der Waals surface area contributed by atoms with Gasteiger partial charge >= 0.3 is 0 Å². The van der Waals surface area contributed by atoms with Gasteiger partial charge in [-0.3, -0.25) is 9.78 Å². The number of carbonyl (C=O) groups is 1. The Bertz CT molecular complexity index is 999. The third kappa shape index (κ3) is 4.75. The van der Waals surface area contributed by atoms with Gasteiger partial charge in [0.2, 0.25) is 0 Å². The Morgan fingerprint density at radius 3 is 2.64 bits per heavy atom. The maximum atomic E-state index is 13.8. The summed E-state index contributed by atoms with van der Waals surface area (Å²) in [5.41, 5.74) is 2.73. The molecular formula is C24H27FN2O. The van der Waals surface area contributed by atoms with E-state index in [9.17, 15) is 9.18 Å². The number of aromatic nitrogens is 1. The van der Waals surface area contributed by atoms with Crippen LogP contribution in [0.25, 0.3) is 10.9 Å². The van der Waals surface area contributed by atoms with Crippen LogP contribution in [0.2, 0.25) is 0 Å². The predicted molar refractivity (Wildman–Crippen MR) is 112 cm³/mol. The molecule has 0 aliphatic heterocycles. The Kier molecular flexibility index (Phi) is 5.78. The van der Waals surface area contributed by atoms with Crippen LogP contribution in [0.3, 0.4) is 0 Å². The van der Waals surface area contributed by atoms with Crippen molar-refractivity contribution in [3.63, 3.8) is 0 Å². The Hall–Kier alpha value is -2.75. The number of carbonyl (C=O) groups excluding carboxylic acids is 1. The van der Waals surface area contributed by atoms with Gasteiger partial charge in [-0.25, -0.2) is 4.39 Å². The van der Waals surface area contributed by atoms with Crippen LogP contribution in [-0.4, -0.2) is 16.4 Å². The molecule has 0 radical (unpaired) electrons. The van der Waals surface area contributed by atoms with Gasteiger partial charge in [-0.2, -0.15) is 0 Å². The van der Waals surface area contributed by atoms with Crippen LogP contribution in [0, 0.1) is 18.7 Å². The molecule has 1 aromatic heterocycles. The lowest BCUT2D eigenvalue weighted by molar-refractivity contribution is 0.0894. The van der Waals surface area contributed by atoms with Gasteiger partial charge < -0.3 is 5.32 Å². The number of halogens is 1. The van der Waals surface area contributed by atoms with Gasteiger partial charge in [0.15, 0.2) is 0 Å². The van der Waals surface area contributed by atoms with Crippen molar-refractivity contribution in [1.29, 1.82) is 0 Å². The molecule has 3 rings (SSSR count). The van der Waals surface area contributed by atoms with E-state index < -0.39 is 5.54 Å². The van der Waals surface area contributed by atoms with Crippen molar-refractivity contribution in [2.45, 2.75) is 46.1 Å². The number of benzene rings is 2. The van der Waals surface area contributed by atoms with Crippen molar-refractivity contribution in [1.82, 2.24) is 10.3 Å². The summed E-state index contributed by atoms with van der Waals surface area (Å²) in [5, 5.41) is 3.84. The number of aryl methyl sites for hydroxylation is 1. The number of nitrogens with zero attached hydrogens (tertiary/aromatic N) is 1. The van der Waals surface area contributed by atoms with E-state index in [1.807, 2.05) is 6.07 Å². The van der Waals surface area contributed by atoms with Gasteiger partial charge in [0.1, 0.15) is 11.3 Å². The first-order chi connectivity index (χ1) is 13.3. The number of pyridine rings is 1. The number of nitrogens with one attached hydrogen (secondary N) is 1. The fraction of sp³-hybridized carbons (Fsp3) is 0.333. The molecule has 0 aliphatic carbocycles. The van der Waals surface area contributed by atoms with Gasteiger partial charge in [-0.05, 0) is 50.3 Å². The van der Waals surface area contributed by atoms with Crippen LogP contribution in [0.4, 0.5) is 4.39 Å². The Morgan fingerprint density at radius 2 is 1.93 bits per heavy atom. The van der Waals surface area contributed by atoms with Gasteiger partial charge in [0.25, 0.3) is 5.91 Å². The quantitative estimate of drug-likeness (QED) is 0.619. The van der Waals surface area contributed by atoms with Crippen molar-refractivity contribution in [2.24, 2.45) is 5.92 Å². The summed E-state index contributed by atoms with van der Waals surface area (Å²) >= 11 is 0. The maximum absolute atomic E-state index is 13.8. The van der Waals surface area contributed by atoms with E-state index >= 15 is 0 Å². The normalized spacial score (nSPS) is 13.5. The molecule has 1 N–H and O–H groups in total. The van der Waals surface area contributed by atoms with Crippen molar-refractivity contribution in [3.05, 3.63) is 77.2 Å². The minimum Gasteiger partial charge on any atom is -0.346 e. The standard InChI is InChI=1S/C24H27FN2O/c1-16(2)13-24(4,14-18-8-5-7-17(3)11-18)27-23(28)20-12-19-9-6-10-21(25)22(19)26-15-20/h5-12,15-16H,13-14H2,1-4H3,(H,27,28). The lowest BCUT2D eigenvalue weighted by atomic mass is 9.84. The molecule has 0 saturated heterocycles. The van der Waals surface area contributed by atoms with Crippen LogP contribution in [-0.2, 0) is 6.42 Å². The van der Waals surface area contributed by atoms with E-state index in [1.54, 1.807) is 18.2 Å². The van der Waals surface area contributed by atoms with Crippen LogP contribution in [0.15, 0.2) is 54.7 Å². The minimum absolute atomic E-state index is 0.186. The van der Waals surface area contributed by atoms with Gasteiger partial charge in [0.05, 0.1) is 5.56 Å². The molecule has 0 fully saturated rings. The zero-order valence-electron chi connectivity index (χ0n) is 16.9. The first-order valence-electron chi connectivity index (χ1n) is 9.68. The lowest BCUT2D eigenvalue weighted by Gasteiger charge is -2.33. The molecule has 1 amide bonds. The van der Waals surface area contributed by atoms with Crippen molar-refractivity contribution < 1.29 is 9.18 Å². The molecule has 1 heterocycles. The molecule has 4 heteroatoms. The summed E-state index contributed by atoms with van der Waals surface area (Å²) in [6.07, 6.45) is 3.04. The maximum Gasteiger partial charge on any atom is 0.253 e. The predicted octanol–water partition coefficient (Wildman–Crippen LogP) is 5.46. The summed E-state index contributed by atoms with van der Waals surface area (Å²) in [7, 11) is 0. The largest absolute Gasteiger partial charge is 0.346 e. The SMILES string of the molecule is Cc1cccc(CC(C)(CC(C)C)NC(=O)c2cnc3c(F)cccc3c2)c1. The average molecular weight is 378 g/mol. The van der Waals surface area contributed by atoms with E-state index in [1.165, 1.54) is 23.4 Å². The molecule has 2 aromatic carbocycles. The summed E-state index contributed by atoms with van der Waals surface area (Å²) in [6.45, 7) is 8.46. The molecular weight excluding hydrogens is 351 g/mol. The summed E-state index contributed by atoms with van der Waals surface area (Å²) in [5.74, 6) is -0.137. The highest BCUT2D eigenvalue weighted by molar-refractivity contribution is 5.97. The number of fused-ring (bicyclic) bond motifs is 1. The average Bonchev–Trinajstić information content (AvgIpc) is 2.60. The molecule has 3 aromatic rings. The zero-order chi connectivity index (χ0) is 20.3. The van der Waals surface area contributed by atoms with E-state index in [2.05, 4.69) is 56.2 Å². The molecule has 1 atom stereocenters. The first-order valence-corrected chi connectivity index (χ1v) is 9.68. The van der Waals surface area contributed by atoms with E-state index in [-0.39, 0.29) is 17.2 Å². The van der Waals surface area contributed by atoms with E-state index in [0.29, 0.717) is 16.9 Å². The highest BCUT2D eigenvalue weighted by Crippen LogP contribution is 2.24. The summed E-state index contributed by atoms with van der Waals surface area (Å²) in [6, 6.07) is 14.8. The molecule has 0 aliphatic rings. The molecule has 0 bridgehead atoms. The second-order valence-corrected chi connectivity index (χ2v) is 8.31. The number of hydrogen-bond acceptors (Lipinski definition) is 2. The highest BCUT2D eigenvalue weighted by atomic mass is 19.1. The minimum atomic E-state index is -0.393. The Balaban J connectivity index is 1.86. The third-order valence-electron chi connectivity index (χ3n) is 4.87. The van der Waals surface area contributed by atoms with Crippen LogP contribution >= 0.6 is 0 Å². The highest BCUT2D eigenvalue weighted by Gasteiger charge is 2.28. The molecule has 0 saturated carbocycles. The molecule has 3 nitrogen and oxygen atoms in total. The third-order valence-corrected chi connectivity index (χ3v) is 4.87. The fourth-order valence-corrected chi connectivity index (χ4v) is 3.94. The van der Waals surface area contributed by atoms with Crippen LogP contribution in [0.1, 0.15) is 48.7 Å². The van der Waals surface area contributed by atoms with Crippen LogP contribution < -0.4 is 5.32 Å². The number of rotatable bonds is 6. The van der Waals surface area contributed by atoms with Gasteiger partial charge in [0, 0.05) is 17.1 Å². The molecule has 146 valence electrons. The topological polar surface area (TPSA) is 42.0 Å². The van der Waals surface area contributed by atoms with E-state index in [0.717, 1.165) is 12.8 Å².